The molecule has 1 atom stereocenters. The zero-order valence-electron chi connectivity index (χ0n) is 10.9. The van der Waals surface area contributed by atoms with Crippen molar-refractivity contribution in [3.8, 4) is 0 Å². The monoisotopic (exact) mass is 492 g/mol. The molecular formula is C16H12Br3ClO. The Morgan fingerprint density at radius 2 is 1.71 bits per heavy atom. The van der Waals surface area contributed by atoms with Crippen molar-refractivity contribution in [2.45, 2.75) is 21.7 Å². The summed E-state index contributed by atoms with van der Waals surface area (Å²) in [6.07, 6.45) is 1.43. The van der Waals surface area contributed by atoms with E-state index < -0.39 is 5.60 Å². The molecule has 1 saturated carbocycles. The number of benzene rings is 2. The van der Waals surface area contributed by atoms with E-state index in [0.29, 0.717) is 6.42 Å². The van der Waals surface area contributed by atoms with Gasteiger partial charge in [-0.15, -0.1) is 0 Å². The minimum atomic E-state index is -0.820. The maximum atomic E-state index is 10.5. The molecule has 1 aliphatic carbocycles. The molecule has 1 unspecified atom stereocenters. The van der Waals surface area contributed by atoms with Gasteiger partial charge in [-0.25, -0.2) is 0 Å². The summed E-state index contributed by atoms with van der Waals surface area (Å²) in [7, 11) is 0. The number of halogens is 4. The van der Waals surface area contributed by atoms with Crippen LogP contribution in [0.25, 0.3) is 0 Å². The Balaban J connectivity index is 1.81. The topological polar surface area (TPSA) is 20.2 Å². The summed E-state index contributed by atoms with van der Waals surface area (Å²) in [5.41, 5.74) is 2.34. The molecule has 1 aliphatic rings. The molecular weight excluding hydrogens is 483 g/mol. The van der Waals surface area contributed by atoms with Gasteiger partial charge in [-0.2, -0.15) is 0 Å². The number of alkyl halides is 2. The lowest BCUT2D eigenvalue weighted by Crippen LogP contribution is -2.12. The average Bonchev–Trinajstić information content (AvgIpc) is 2.95. The zero-order chi connectivity index (χ0) is 15.3. The van der Waals surface area contributed by atoms with Crippen LogP contribution in [-0.4, -0.2) is 8.34 Å². The predicted octanol–water partition coefficient (Wildman–Crippen LogP) is 5.77. The molecule has 0 saturated heterocycles. The highest BCUT2D eigenvalue weighted by Crippen LogP contribution is 2.65. The molecule has 0 bridgehead atoms. The van der Waals surface area contributed by atoms with Crippen LogP contribution in [0.1, 0.15) is 23.1 Å². The van der Waals surface area contributed by atoms with Crippen LogP contribution in [0.3, 0.4) is 0 Å². The summed E-state index contributed by atoms with van der Waals surface area (Å²) in [4.78, 5) is 0. The zero-order valence-corrected chi connectivity index (χ0v) is 16.4. The van der Waals surface area contributed by atoms with Gasteiger partial charge in [-0.05, 0) is 41.3 Å². The van der Waals surface area contributed by atoms with Crippen LogP contribution in [0.5, 0.6) is 0 Å². The molecule has 1 nitrogen and oxygen atoms in total. The molecule has 0 aromatic heterocycles. The van der Waals surface area contributed by atoms with Gasteiger partial charge in [0.15, 0.2) is 0 Å². The summed E-state index contributed by atoms with van der Waals surface area (Å²) >= 11 is 16.6. The minimum Gasteiger partial charge on any atom is -0.383 e. The number of hydrogen-bond acceptors (Lipinski definition) is 1. The first-order valence-corrected chi connectivity index (χ1v) is 9.21. The second kappa shape index (κ2) is 5.64. The van der Waals surface area contributed by atoms with Crippen LogP contribution in [0, 0.1) is 0 Å². The van der Waals surface area contributed by atoms with Gasteiger partial charge in [0.05, 0.1) is 0 Å². The smallest absolute Gasteiger partial charge is 0.117 e. The van der Waals surface area contributed by atoms with Gasteiger partial charge in [0, 0.05) is 15.9 Å². The average molecular weight is 495 g/mol. The highest BCUT2D eigenvalue weighted by molar-refractivity contribution is 9.25. The summed E-state index contributed by atoms with van der Waals surface area (Å²) in [5, 5.41) is 11.2. The predicted molar refractivity (Wildman–Crippen MR) is 97.5 cm³/mol. The fourth-order valence-electron chi connectivity index (χ4n) is 2.39. The Labute approximate surface area is 154 Å². The number of hydrogen-bond donors (Lipinski definition) is 1. The van der Waals surface area contributed by atoms with E-state index in [1.807, 2.05) is 42.5 Å². The van der Waals surface area contributed by atoms with Crippen molar-refractivity contribution in [1.29, 1.82) is 0 Å². The van der Waals surface area contributed by atoms with Crippen LogP contribution < -0.4 is 0 Å². The second-order valence-electron chi connectivity index (χ2n) is 5.35. The fraction of sp³-hybridized carbons (Fsp3) is 0.250. The standard InChI is InChI=1S/C16H12Br3ClO/c17-13-5-6-14(20)11(8-13)7-10-1-3-12(4-2-10)15(21)9-16(15,18)19/h1-6,8,21H,7,9H2. The highest BCUT2D eigenvalue weighted by atomic mass is 79.9. The van der Waals surface area contributed by atoms with Crippen LogP contribution in [0.2, 0.25) is 5.02 Å². The first kappa shape index (κ1) is 16.0. The van der Waals surface area contributed by atoms with Gasteiger partial charge in [0.2, 0.25) is 0 Å². The van der Waals surface area contributed by atoms with Crippen LogP contribution in [-0.2, 0) is 12.0 Å². The van der Waals surface area contributed by atoms with Gasteiger partial charge >= 0.3 is 0 Å². The lowest BCUT2D eigenvalue weighted by atomic mass is 10.0. The molecule has 3 rings (SSSR count). The molecule has 5 heteroatoms. The minimum absolute atomic E-state index is 0.387. The summed E-state index contributed by atoms with van der Waals surface area (Å²) in [6, 6.07) is 13.9. The third-order valence-electron chi connectivity index (χ3n) is 3.79. The fourth-order valence-corrected chi connectivity index (χ4v) is 4.25. The van der Waals surface area contributed by atoms with E-state index in [2.05, 4.69) is 47.8 Å². The van der Waals surface area contributed by atoms with Crippen molar-refractivity contribution in [3.63, 3.8) is 0 Å². The van der Waals surface area contributed by atoms with Crippen LogP contribution in [0.15, 0.2) is 46.9 Å². The first-order chi connectivity index (χ1) is 9.82. The Bertz CT molecular complexity index is 684. The Morgan fingerprint density at radius 3 is 2.29 bits per heavy atom. The van der Waals surface area contributed by atoms with E-state index in [9.17, 15) is 5.11 Å². The Morgan fingerprint density at radius 1 is 1.10 bits per heavy atom. The molecule has 21 heavy (non-hydrogen) atoms. The summed E-state index contributed by atoms with van der Waals surface area (Å²) in [5.74, 6) is 0. The third kappa shape index (κ3) is 3.11. The van der Waals surface area contributed by atoms with Crippen molar-refractivity contribution >= 4 is 59.4 Å². The Hall–Kier alpha value is 0.130. The van der Waals surface area contributed by atoms with Gasteiger partial charge < -0.3 is 5.11 Å². The SMILES string of the molecule is OC1(c2ccc(Cc3cc(Br)ccc3Cl)cc2)CC1(Br)Br. The van der Waals surface area contributed by atoms with Crippen LogP contribution >= 0.6 is 59.4 Å². The van der Waals surface area contributed by atoms with E-state index in [4.69, 9.17) is 11.6 Å². The van der Waals surface area contributed by atoms with Gasteiger partial charge in [-0.3, -0.25) is 0 Å². The van der Waals surface area contributed by atoms with E-state index in [1.165, 1.54) is 0 Å². The maximum absolute atomic E-state index is 10.5. The van der Waals surface area contributed by atoms with Gasteiger partial charge in [0.1, 0.15) is 8.83 Å². The van der Waals surface area contributed by atoms with Crippen molar-refractivity contribution in [1.82, 2.24) is 0 Å². The molecule has 0 aliphatic heterocycles. The normalized spacial score (nSPS) is 23.1. The lowest BCUT2D eigenvalue weighted by molar-refractivity contribution is 0.151. The van der Waals surface area contributed by atoms with Crippen molar-refractivity contribution < 1.29 is 5.11 Å². The molecule has 1 N–H and O–H groups in total. The van der Waals surface area contributed by atoms with Crippen molar-refractivity contribution in [2.24, 2.45) is 0 Å². The molecule has 0 spiro atoms. The first-order valence-electron chi connectivity index (χ1n) is 6.45. The maximum Gasteiger partial charge on any atom is 0.117 e. The highest BCUT2D eigenvalue weighted by Gasteiger charge is 2.65. The summed E-state index contributed by atoms with van der Waals surface area (Å²) < 4.78 is 0.636. The van der Waals surface area contributed by atoms with Crippen molar-refractivity contribution in [3.05, 3.63) is 68.7 Å². The van der Waals surface area contributed by atoms with Crippen LogP contribution in [0.4, 0.5) is 0 Å². The molecule has 2 aromatic rings. The quantitative estimate of drug-likeness (QED) is 0.536. The number of rotatable bonds is 3. The van der Waals surface area contributed by atoms with Gasteiger partial charge in [-0.1, -0.05) is 83.7 Å². The largest absolute Gasteiger partial charge is 0.383 e. The summed E-state index contributed by atoms with van der Waals surface area (Å²) in [6.45, 7) is 0. The Kier molecular flexibility index (Phi) is 4.30. The third-order valence-corrected chi connectivity index (χ3v) is 6.53. The molecule has 0 radical (unpaired) electrons. The van der Waals surface area contributed by atoms with E-state index in [0.717, 1.165) is 32.6 Å². The molecule has 110 valence electrons. The number of aliphatic hydroxyl groups is 1. The lowest BCUT2D eigenvalue weighted by Gasteiger charge is -2.13. The van der Waals surface area contributed by atoms with Gasteiger partial charge in [0.25, 0.3) is 0 Å². The van der Waals surface area contributed by atoms with Crippen molar-refractivity contribution in [2.75, 3.05) is 0 Å². The van der Waals surface area contributed by atoms with E-state index in [1.54, 1.807) is 0 Å². The van der Waals surface area contributed by atoms with E-state index in [-0.39, 0.29) is 3.23 Å². The molecule has 1 fully saturated rings. The molecule has 0 heterocycles. The molecule has 0 amide bonds. The second-order valence-corrected chi connectivity index (χ2v) is 10.4. The molecule has 2 aromatic carbocycles. The van der Waals surface area contributed by atoms with E-state index >= 15 is 0 Å².